The van der Waals surface area contributed by atoms with Gasteiger partial charge < -0.3 is 5.32 Å². The first-order chi connectivity index (χ1) is 10.9. The average Bonchev–Trinajstić information content (AvgIpc) is 2.51. The molecule has 0 aliphatic rings. The van der Waals surface area contributed by atoms with E-state index in [1.54, 1.807) is 6.07 Å². The van der Waals surface area contributed by atoms with E-state index in [1.165, 1.54) is 24.3 Å². The number of aryl methyl sites for hydroxylation is 1. The maximum Gasteiger partial charge on any atom is 0.288 e. The standard InChI is InChI=1S/C17H15ClN2O3/c1-11-4-3-5-15(12(11)2)19-17(21)9-7-13-6-8-14(18)16(10-13)20(22)23/h3-10H,1-2H3,(H,19,21). The minimum Gasteiger partial charge on any atom is -0.322 e. The third-order valence-electron chi connectivity index (χ3n) is 3.46. The van der Waals surface area contributed by atoms with Gasteiger partial charge in [0.05, 0.1) is 4.92 Å². The highest BCUT2D eigenvalue weighted by Gasteiger charge is 2.11. The van der Waals surface area contributed by atoms with Gasteiger partial charge in [-0.15, -0.1) is 0 Å². The average molecular weight is 331 g/mol. The number of nitro groups is 1. The van der Waals surface area contributed by atoms with Crippen molar-refractivity contribution in [1.82, 2.24) is 0 Å². The maximum absolute atomic E-state index is 12.0. The highest BCUT2D eigenvalue weighted by Crippen LogP contribution is 2.25. The lowest BCUT2D eigenvalue weighted by molar-refractivity contribution is -0.384. The molecule has 1 amide bonds. The first-order valence-electron chi connectivity index (χ1n) is 6.87. The summed E-state index contributed by atoms with van der Waals surface area (Å²) in [6, 6.07) is 10.0. The van der Waals surface area contributed by atoms with Gasteiger partial charge in [0.2, 0.25) is 5.91 Å². The molecule has 1 N–H and O–H groups in total. The van der Waals surface area contributed by atoms with Crippen LogP contribution in [0, 0.1) is 24.0 Å². The monoisotopic (exact) mass is 330 g/mol. The Morgan fingerprint density at radius 3 is 2.70 bits per heavy atom. The Hall–Kier alpha value is -2.66. The smallest absolute Gasteiger partial charge is 0.288 e. The third-order valence-corrected chi connectivity index (χ3v) is 3.78. The fraction of sp³-hybridized carbons (Fsp3) is 0.118. The number of hydrogen-bond acceptors (Lipinski definition) is 3. The number of hydrogen-bond donors (Lipinski definition) is 1. The van der Waals surface area contributed by atoms with Crippen LogP contribution in [0.2, 0.25) is 5.02 Å². The third kappa shape index (κ3) is 4.17. The molecular formula is C17H15ClN2O3. The topological polar surface area (TPSA) is 72.2 Å². The summed E-state index contributed by atoms with van der Waals surface area (Å²) < 4.78 is 0. The van der Waals surface area contributed by atoms with Crippen molar-refractivity contribution in [2.45, 2.75) is 13.8 Å². The van der Waals surface area contributed by atoms with Crippen LogP contribution in [0.25, 0.3) is 6.08 Å². The van der Waals surface area contributed by atoms with E-state index in [4.69, 9.17) is 11.6 Å². The molecular weight excluding hydrogens is 316 g/mol. The highest BCUT2D eigenvalue weighted by atomic mass is 35.5. The van der Waals surface area contributed by atoms with Gasteiger partial charge in [0.15, 0.2) is 0 Å². The number of amides is 1. The Balaban J connectivity index is 2.14. The Labute approximate surface area is 138 Å². The molecule has 0 spiro atoms. The second kappa shape index (κ2) is 7.07. The highest BCUT2D eigenvalue weighted by molar-refractivity contribution is 6.32. The molecule has 0 bridgehead atoms. The van der Waals surface area contributed by atoms with Gasteiger partial charge in [0.25, 0.3) is 5.69 Å². The van der Waals surface area contributed by atoms with E-state index in [0.717, 1.165) is 16.8 Å². The van der Waals surface area contributed by atoms with Crippen molar-refractivity contribution < 1.29 is 9.72 Å². The van der Waals surface area contributed by atoms with Crippen LogP contribution >= 0.6 is 11.6 Å². The van der Waals surface area contributed by atoms with E-state index in [1.807, 2.05) is 32.0 Å². The van der Waals surface area contributed by atoms with Crippen LogP contribution in [0.4, 0.5) is 11.4 Å². The molecule has 118 valence electrons. The fourth-order valence-corrected chi connectivity index (χ4v) is 2.19. The molecule has 23 heavy (non-hydrogen) atoms. The summed E-state index contributed by atoms with van der Waals surface area (Å²) in [6.45, 7) is 3.89. The fourth-order valence-electron chi connectivity index (χ4n) is 2.01. The predicted octanol–water partition coefficient (Wildman–Crippen LogP) is 4.52. The first-order valence-corrected chi connectivity index (χ1v) is 7.25. The normalized spacial score (nSPS) is 10.7. The largest absolute Gasteiger partial charge is 0.322 e. The van der Waals surface area contributed by atoms with Gasteiger partial charge in [-0.05, 0) is 48.7 Å². The van der Waals surface area contributed by atoms with Crippen LogP contribution in [0.15, 0.2) is 42.5 Å². The van der Waals surface area contributed by atoms with Crippen molar-refractivity contribution in [2.75, 3.05) is 5.32 Å². The molecule has 0 radical (unpaired) electrons. The molecule has 0 unspecified atom stereocenters. The van der Waals surface area contributed by atoms with Gasteiger partial charge in [0, 0.05) is 17.8 Å². The number of benzene rings is 2. The molecule has 0 aliphatic carbocycles. The molecule has 0 aromatic heterocycles. The van der Waals surface area contributed by atoms with Crippen molar-refractivity contribution >= 4 is 35.0 Å². The zero-order chi connectivity index (χ0) is 17.0. The summed E-state index contributed by atoms with van der Waals surface area (Å²) in [6.07, 6.45) is 2.83. The van der Waals surface area contributed by atoms with Gasteiger partial charge in [-0.2, -0.15) is 0 Å². The van der Waals surface area contributed by atoms with Gasteiger partial charge in [-0.25, -0.2) is 0 Å². The molecule has 6 heteroatoms. The van der Waals surface area contributed by atoms with E-state index >= 15 is 0 Å². The molecule has 2 rings (SSSR count). The molecule has 0 fully saturated rings. The summed E-state index contributed by atoms with van der Waals surface area (Å²) >= 11 is 5.75. The number of halogens is 1. The van der Waals surface area contributed by atoms with Crippen LogP contribution in [-0.4, -0.2) is 10.8 Å². The van der Waals surface area contributed by atoms with Crippen molar-refractivity contribution in [3.63, 3.8) is 0 Å². The number of nitrogens with zero attached hydrogens (tertiary/aromatic N) is 1. The lowest BCUT2D eigenvalue weighted by Crippen LogP contribution is -2.09. The number of nitro benzene ring substituents is 1. The Morgan fingerprint density at radius 1 is 1.26 bits per heavy atom. The maximum atomic E-state index is 12.0. The van der Waals surface area contributed by atoms with Crippen LogP contribution in [0.1, 0.15) is 16.7 Å². The van der Waals surface area contributed by atoms with Gasteiger partial charge in [0.1, 0.15) is 5.02 Å². The minimum absolute atomic E-state index is 0.0620. The SMILES string of the molecule is Cc1cccc(NC(=O)C=Cc2ccc(Cl)c([N+](=O)[O-])c2)c1C. The summed E-state index contributed by atoms with van der Waals surface area (Å²) in [7, 11) is 0. The lowest BCUT2D eigenvalue weighted by atomic mass is 10.1. The molecule has 0 saturated heterocycles. The Kier molecular flexibility index (Phi) is 5.13. The number of rotatable bonds is 4. The molecule has 0 atom stereocenters. The number of carbonyl (C=O) groups excluding carboxylic acids is 1. The molecule has 0 heterocycles. The zero-order valence-corrected chi connectivity index (χ0v) is 13.4. The van der Waals surface area contributed by atoms with E-state index in [2.05, 4.69) is 5.32 Å². The minimum atomic E-state index is -0.560. The number of nitrogens with one attached hydrogen (secondary N) is 1. The van der Waals surface area contributed by atoms with Crippen molar-refractivity contribution in [2.24, 2.45) is 0 Å². The molecule has 0 aliphatic heterocycles. The van der Waals surface area contributed by atoms with Gasteiger partial charge in [-0.3, -0.25) is 14.9 Å². The van der Waals surface area contributed by atoms with E-state index < -0.39 is 4.92 Å². The lowest BCUT2D eigenvalue weighted by Gasteiger charge is -2.08. The molecule has 2 aromatic rings. The van der Waals surface area contributed by atoms with Gasteiger partial charge in [-0.1, -0.05) is 29.8 Å². The van der Waals surface area contributed by atoms with Gasteiger partial charge >= 0.3 is 0 Å². The summed E-state index contributed by atoms with van der Waals surface area (Å²) in [5, 5.41) is 13.7. The summed E-state index contributed by atoms with van der Waals surface area (Å²) in [5.74, 6) is -0.309. The van der Waals surface area contributed by atoms with Crippen molar-refractivity contribution in [3.8, 4) is 0 Å². The van der Waals surface area contributed by atoms with E-state index in [-0.39, 0.29) is 16.6 Å². The summed E-state index contributed by atoms with van der Waals surface area (Å²) in [5.41, 5.74) is 3.15. The quantitative estimate of drug-likeness (QED) is 0.509. The zero-order valence-electron chi connectivity index (χ0n) is 12.7. The first kappa shape index (κ1) is 16.7. The molecule has 0 saturated carbocycles. The van der Waals surface area contributed by atoms with Crippen molar-refractivity contribution in [1.29, 1.82) is 0 Å². The van der Waals surface area contributed by atoms with E-state index in [9.17, 15) is 14.9 Å². The van der Waals surface area contributed by atoms with Crippen LogP contribution < -0.4 is 5.32 Å². The second-order valence-corrected chi connectivity index (χ2v) is 5.45. The van der Waals surface area contributed by atoms with Crippen LogP contribution in [0.3, 0.4) is 0 Å². The van der Waals surface area contributed by atoms with E-state index in [0.29, 0.717) is 5.56 Å². The predicted molar refractivity (Wildman–Crippen MR) is 91.7 cm³/mol. The number of anilines is 1. The Morgan fingerprint density at radius 2 is 2.00 bits per heavy atom. The molecule has 5 nitrogen and oxygen atoms in total. The molecule has 2 aromatic carbocycles. The van der Waals surface area contributed by atoms with Crippen molar-refractivity contribution in [3.05, 3.63) is 74.3 Å². The second-order valence-electron chi connectivity index (χ2n) is 5.04. The number of carbonyl (C=O) groups is 1. The van der Waals surface area contributed by atoms with Crippen LogP contribution in [-0.2, 0) is 4.79 Å². The summed E-state index contributed by atoms with van der Waals surface area (Å²) in [4.78, 5) is 22.3. The van der Waals surface area contributed by atoms with Crippen LogP contribution in [0.5, 0.6) is 0 Å². The Bertz CT molecular complexity index is 800.